The molecule has 1 aliphatic heterocycles. The number of nitrogens with zero attached hydrogens (tertiary/aromatic N) is 2. The summed E-state index contributed by atoms with van der Waals surface area (Å²) in [5.74, 6) is 0.735. The fourth-order valence-electron chi connectivity index (χ4n) is 2.84. The van der Waals surface area contributed by atoms with E-state index >= 15 is 0 Å². The Bertz CT molecular complexity index is 461. The molecule has 1 saturated carbocycles. The van der Waals surface area contributed by atoms with Gasteiger partial charge in [0.1, 0.15) is 0 Å². The molecule has 5 heteroatoms. The Kier molecular flexibility index (Phi) is 3.87. The fourth-order valence-corrected chi connectivity index (χ4v) is 2.84. The zero-order chi connectivity index (χ0) is 13.9. The van der Waals surface area contributed by atoms with Gasteiger partial charge in [0.15, 0.2) is 0 Å². The Morgan fingerprint density at radius 1 is 1.35 bits per heavy atom. The second-order valence-electron chi connectivity index (χ2n) is 5.76. The number of hydrogen-bond donors (Lipinski definition) is 1. The molecule has 20 heavy (non-hydrogen) atoms. The standard InChI is InChI=1S/C15H21N3O2/c16-15(19)18-8-5-14(20-10-12-1-2-12)13(18)9-11-3-6-17-7-4-11/h3-4,6-7,12-14H,1-2,5,8-10H2,(H2,16,19)/t13-,14+/m0/s1. The maximum atomic E-state index is 11.6. The number of urea groups is 1. The molecule has 1 aromatic rings. The van der Waals surface area contributed by atoms with Crippen LogP contribution in [0.2, 0.25) is 0 Å². The van der Waals surface area contributed by atoms with Crippen LogP contribution in [0.4, 0.5) is 4.79 Å². The van der Waals surface area contributed by atoms with Crippen molar-refractivity contribution in [3.8, 4) is 0 Å². The third kappa shape index (κ3) is 3.10. The molecule has 1 saturated heterocycles. The molecule has 2 amide bonds. The van der Waals surface area contributed by atoms with Crippen molar-refractivity contribution >= 4 is 6.03 Å². The molecule has 2 heterocycles. The van der Waals surface area contributed by atoms with Gasteiger partial charge in [0.25, 0.3) is 0 Å². The summed E-state index contributed by atoms with van der Waals surface area (Å²) in [5, 5.41) is 0. The van der Waals surface area contributed by atoms with E-state index in [9.17, 15) is 4.79 Å². The number of carbonyl (C=O) groups is 1. The Labute approximate surface area is 119 Å². The molecule has 0 radical (unpaired) electrons. The molecule has 0 unspecified atom stereocenters. The Balaban J connectivity index is 1.67. The summed E-state index contributed by atoms with van der Waals surface area (Å²) >= 11 is 0. The summed E-state index contributed by atoms with van der Waals surface area (Å²) in [6, 6.07) is 3.67. The zero-order valence-electron chi connectivity index (χ0n) is 11.6. The molecule has 108 valence electrons. The van der Waals surface area contributed by atoms with Gasteiger partial charge >= 0.3 is 6.03 Å². The van der Waals surface area contributed by atoms with Gasteiger partial charge in [-0.25, -0.2) is 4.79 Å². The summed E-state index contributed by atoms with van der Waals surface area (Å²) < 4.78 is 6.03. The summed E-state index contributed by atoms with van der Waals surface area (Å²) in [5.41, 5.74) is 6.66. The number of pyridine rings is 1. The van der Waals surface area contributed by atoms with E-state index in [1.165, 1.54) is 12.8 Å². The van der Waals surface area contributed by atoms with Gasteiger partial charge in [-0.1, -0.05) is 0 Å². The Morgan fingerprint density at radius 3 is 2.75 bits per heavy atom. The molecule has 2 fully saturated rings. The number of likely N-dealkylation sites (tertiary alicyclic amines) is 1. The molecule has 5 nitrogen and oxygen atoms in total. The molecule has 0 aromatic carbocycles. The van der Waals surface area contributed by atoms with Crippen LogP contribution in [0.25, 0.3) is 0 Å². The van der Waals surface area contributed by atoms with E-state index in [2.05, 4.69) is 4.98 Å². The first-order chi connectivity index (χ1) is 9.74. The van der Waals surface area contributed by atoms with Crippen molar-refractivity contribution in [2.24, 2.45) is 11.7 Å². The molecule has 0 spiro atoms. The molecule has 1 aliphatic carbocycles. The molecule has 0 bridgehead atoms. The van der Waals surface area contributed by atoms with Crippen molar-refractivity contribution in [2.75, 3.05) is 13.2 Å². The maximum Gasteiger partial charge on any atom is 0.315 e. The molecular formula is C15H21N3O2. The van der Waals surface area contributed by atoms with Crippen LogP contribution in [0.3, 0.4) is 0 Å². The summed E-state index contributed by atoms with van der Waals surface area (Å²) in [6.07, 6.45) is 7.88. The minimum absolute atomic E-state index is 0.0497. The number of carbonyl (C=O) groups excluding carboxylic acids is 1. The molecule has 2 N–H and O–H groups in total. The normalized spacial score (nSPS) is 25.9. The van der Waals surface area contributed by atoms with E-state index < -0.39 is 0 Å². The van der Waals surface area contributed by atoms with Gasteiger partial charge in [-0.3, -0.25) is 4.98 Å². The topological polar surface area (TPSA) is 68.5 Å². The highest BCUT2D eigenvalue weighted by molar-refractivity contribution is 5.73. The van der Waals surface area contributed by atoms with E-state index in [-0.39, 0.29) is 18.2 Å². The first-order valence-corrected chi connectivity index (χ1v) is 7.30. The fraction of sp³-hybridized carbons (Fsp3) is 0.600. The highest BCUT2D eigenvalue weighted by Gasteiger charge is 2.37. The van der Waals surface area contributed by atoms with Crippen LogP contribution in [0.15, 0.2) is 24.5 Å². The van der Waals surface area contributed by atoms with E-state index in [1.807, 2.05) is 12.1 Å². The lowest BCUT2D eigenvalue weighted by Gasteiger charge is -2.27. The monoisotopic (exact) mass is 275 g/mol. The SMILES string of the molecule is NC(=O)N1CC[C@@H](OCC2CC2)[C@@H]1Cc1ccncc1. The van der Waals surface area contributed by atoms with Crippen LogP contribution in [-0.2, 0) is 11.2 Å². The van der Waals surface area contributed by atoms with Gasteiger partial charge in [0.2, 0.25) is 0 Å². The quantitative estimate of drug-likeness (QED) is 0.887. The van der Waals surface area contributed by atoms with Gasteiger partial charge in [0, 0.05) is 25.5 Å². The molecule has 1 aromatic heterocycles. The van der Waals surface area contributed by atoms with Gasteiger partial charge in [-0.15, -0.1) is 0 Å². The van der Waals surface area contributed by atoms with Crippen LogP contribution in [0.5, 0.6) is 0 Å². The molecule has 2 atom stereocenters. The van der Waals surface area contributed by atoms with E-state index in [1.54, 1.807) is 17.3 Å². The lowest BCUT2D eigenvalue weighted by molar-refractivity contribution is 0.0264. The summed E-state index contributed by atoms with van der Waals surface area (Å²) in [4.78, 5) is 17.4. The average Bonchev–Trinajstić information content (AvgIpc) is 3.19. The Morgan fingerprint density at radius 2 is 2.10 bits per heavy atom. The number of nitrogens with two attached hydrogens (primary N) is 1. The third-order valence-corrected chi connectivity index (χ3v) is 4.20. The van der Waals surface area contributed by atoms with E-state index in [4.69, 9.17) is 10.5 Å². The highest BCUT2D eigenvalue weighted by Crippen LogP contribution is 2.31. The van der Waals surface area contributed by atoms with Crippen LogP contribution in [-0.4, -0.2) is 41.2 Å². The van der Waals surface area contributed by atoms with E-state index in [0.29, 0.717) is 6.54 Å². The Hall–Kier alpha value is -1.62. The highest BCUT2D eigenvalue weighted by atomic mass is 16.5. The third-order valence-electron chi connectivity index (χ3n) is 4.20. The smallest absolute Gasteiger partial charge is 0.315 e. The average molecular weight is 275 g/mol. The number of hydrogen-bond acceptors (Lipinski definition) is 3. The van der Waals surface area contributed by atoms with Crippen LogP contribution < -0.4 is 5.73 Å². The minimum atomic E-state index is -0.346. The second-order valence-corrected chi connectivity index (χ2v) is 5.76. The molecule has 2 aliphatic rings. The van der Waals surface area contributed by atoms with Gasteiger partial charge in [0.05, 0.1) is 12.1 Å². The van der Waals surface area contributed by atoms with Crippen molar-refractivity contribution < 1.29 is 9.53 Å². The van der Waals surface area contributed by atoms with Gasteiger partial charge in [-0.05, 0) is 49.3 Å². The van der Waals surface area contributed by atoms with Crippen LogP contribution in [0.1, 0.15) is 24.8 Å². The first-order valence-electron chi connectivity index (χ1n) is 7.30. The van der Waals surface area contributed by atoms with Crippen molar-refractivity contribution in [2.45, 2.75) is 37.8 Å². The van der Waals surface area contributed by atoms with Gasteiger partial charge < -0.3 is 15.4 Å². The summed E-state index contributed by atoms with van der Waals surface area (Å²) in [7, 11) is 0. The number of rotatable bonds is 5. The largest absolute Gasteiger partial charge is 0.376 e. The van der Waals surface area contributed by atoms with Crippen LogP contribution >= 0.6 is 0 Å². The second kappa shape index (κ2) is 5.79. The summed E-state index contributed by atoms with van der Waals surface area (Å²) in [6.45, 7) is 1.52. The lowest BCUT2D eigenvalue weighted by atomic mass is 10.0. The molecule has 3 rings (SSSR count). The van der Waals surface area contributed by atoms with Gasteiger partial charge in [-0.2, -0.15) is 0 Å². The van der Waals surface area contributed by atoms with Crippen molar-refractivity contribution in [3.63, 3.8) is 0 Å². The number of ether oxygens (including phenoxy) is 1. The number of amides is 2. The van der Waals surface area contributed by atoms with E-state index in [0.717, 1.165) is 30.9 Å². The lowest BCUT2D eigenvalue weighted by Crippen LogP contribution is -2.44. The number of primary amides is 1. The van der Waals surface area contributed by atoms with Crippen molar-refractivity contribution in [1.82, 2.24) is 9.88 Å². The maximum absolute atomic E-state index is 11.6. The van der Waals surface area contributed by atoms with Crippen molar-refractivity contribution in [1.29, 1.82) is 0 Å². The van der Waals surface area contributed by atoms with Crippen molar-refractivity contribution in [3.05, 3.63) is 30.1 Å². The number of aromatic nitrogens is 1. The molecular weight excluding hydrogens is 254 g/mol. The predicted molar refractivity (Wildman–Crippen MR) is 75.1 cm³/mol. The minimum Gasteiger partial charge on any atom is -0.376 e. The zero-order valence-corrected chi connectivity index (χ0v) is 11.6. The first kappa shape index (κ1) is 13.4. The predicted octanol–water partition coefficient (Wildman–Crippen LogP) is 1.57. The van der Waals surface area contributed by atoms with Crippen LogP contribution in [0, 0.1) is 5.92 Å².